The van der Waals surface area contributed by atoms with E-state index in [4.69, 9.17) is 4.42 Å². The maximum Gasteiger partial charge on any atom is 0.276 e. The molecule has 0 aliphatic rings. The minimum absolute atomic E-state index is 0.205. The van der Waals surface area contributed by atoms with Crippen molar-refractivity contribution in [1.82, 2.24) is 10.2 Å². The molecule has 122 valence electrons. The standard InChI is InChI=1S/C17H16N4O3/c22-14(15-7-4-10-24-15)11-18-16-9-8-13(20-21-16)17(23)19-12-5-2-1-3-6-12/h1-10,14,22H,11H2,(H,18,21)(H,19,23)/t14-/m0/s1. The van der Waals surface area contributed by atoms with Crippen molar-refractivity contribution >= 4 is 17.4 Å². The first-order valence-corrected chi connectivity index (χ1v) is 7.38. The summed E-state index contributed by atoms with van der Waals surface area (Å²) in [6, 6.07) is 15.7. The van der Waals surface area contributed by atoms with Crippen LogP contribution in [-0.2, 0) is 0 Å². The second kappa shape index (κ2) is 7.38. The molecule has 1 atom stereocenters. The van der Waals surface area contributed by atoms with Gasteiger partial charge < -0.3 is 20.2 Å². The molecule has 0 saturated carbocycles. The molecule has 1 amide bonds. The first-order valence-electron chi connectivity index (χ1n) is 7.38. The van der Waals surface area contributed by atoms with Gasteiger partial charge in [0.2, 0.25) is 0 Å². The van der Waals surface area contributed by atoms with Crippen molar-refractivity contribution in [2.45, 2.75) is 6.10 Å². The second-order valence-electron chi connectivity index (χ2n) is 5.04. The van der Waals surface area contributed by atoms with Gasteiger partial charge in [0.1, 0.15) is 17.7 Å². The second-order valence-corrected chi connectivity index (χ2v) is 5.04. The molecule has 3 rings (SSSR count). The summed E-state index contributed by atoms with van der Waals surface area (Å²) in [5.74, 6) is 0.585. The number of carbonyl (C=O) groups is 1. The first kappa shape index (κ1) is 15.7. The third-order valence-electron chi connectivity index (χ3n) is 3.28. The predicted octanol–water partition coefficient (Wildman–Crippen LogP) is 2.47. The highest BCUT2D eigenvalue weighted by molar-refractivity contribution is 6.02. The van der Waals surface area contributed by atoms with Crippen LogP contribution in [0.25, 0.3) is 0 Å². The lowest BCUT2D eigenvalue weighted by Crippen LogP contribution is -2.16. The predicted molar refractivity (Wildman–Crippen MR) is 88.6 cm³/mol. The quantitative estimate of drug-likeness (QED) is 0.644. The molecule has 3 N–H and O–H groups in total. The lowest BCUT2D eigenvalue weighted by molar-refractivity contribution is 0.102. The molecule has 24 heavy (non-hydrogen) atoms. The fraction of sp³-hybridized carbons (Fsp3) is 0.118. The van der Waals surface area contributed by atoms with Gasteiger partial charge in [-0.25, -0.2) is 0 Å². The SMILES string of the molecule is O=C(Nc1ccccc1)c1ccc(NC[C@H](O)c2ccco2)nn1. The number of benzene rings is 1. The van der Waals surface area contributed by atoms with Crippen LogP contribution in [0.4, 0.5) is 11.5 Å². The van der Waals surface area contributed by atoms with Gasteiger partial charge in [-0.15, -0.1) is 10.2 Å². The van der Waals surface area contributed by atoms with Crippen LogP contribution in [0.3, 0.4) is 0 Å². The van der Waals surface area contributed by atoms with E-state index < -0.39 is 6.10 Å². The van der Waals surface area contributed by atoms with E-state index in [0.717, 1.165) is 0 Å². The number of hydrogen-bond acceptors (Lipinski definition) is 6. The molecule has 2 aromatic heterocycles. The Bertz CT molecular complexity index is 773. The van der Waals surface area contributed by atoms with Crippen molar-refractivity contribution in [2.24, 2.45) is 0 Å². The Kier molecular flexibility index (Phi) is 4.83. The van der Waals surface area contributed by atoms with E-state index in [1.54, 1.807) is 36.4 Å². The highest BCUT2D eigenvalue weighted by Gasteiger charge is 2.11. The number of para-hydroxylation sites is 1. The van der Waals surface area contributed by atoms with Crippen LogP contribution in [0.1, 0.15) is 22.4 Å². The number of aliphatic hydroxyl groups is 1. The van der Waals surface area contributed by atoms with Crippen LogP contribution in [0.5, 0.6) is 0 Å². The smallest absolute Gasteiger partial charge is 0.276 e. The lowest BCUT2D eigenvalue weighted by Gasteiger charge is -2.10. The summed E-state index contributed by atoms with van der Waals surface area (Å²) in [5, 5.41) is 23.4. The van der Waals surface area contributed by atoms with Gasteiger partial charge in [-0.3, -0.25) is 4.79 Å². The summed E-state index contributed by atoms with van der Waals surface area (Å²) in [4.78, 5) is 12.1. The first-order chi connectivity index (χ1) is 11.7. The minimum atomic E-state index is -0.789. The van der Waals surface area contributed by atoms with Gasteiger partial charge >= 0.3 is 0 Å². The van der Waals surface area contributed by atoms with Gasteiger partial charge in [0.05, 0.1) is 6.26 Å². The molecule has 0 spiro atoms. The van der Waals surface area contributed by atoms with Gasteiger partial charge in [0, 0.05) is 12.2 Å². The highest BCUT2D eigenvalue weighted by Crippen LogP contribution is 2.14. The number of carbonyl (C=O) groups excluding carboxylic acids is 1. The van der Waals surface area contributed by atoms with E-state index in [1.807, 2.05) is 18.2 Å². The molecule has 0 saturated heterocycles. The van der Waals surface area contributed by atoms with E-state index in [1.165, 1.54) is 6.26 Å². The number of rotatable bonds is 6. The van der Waals surface area contributed by atoms with E-state index in [9.17, 15) is 9.90 Å². The van der Waals surface area contributed by atoms with Crippen LogP contribution in [0, 0.1) is 0 Å². The minimum Gasteiger partial charge on any atom is -0.467 e. The van der Waals surface area contributed by atoms with Crippen molar-refractivity contribution in [1.29, 1.82) is 0 Å². The Balaban J connectivity index is 1.56. The molecule has 7 heteroatoms. The number of anilines is 2. The Hall–Kier alpha value is -3.19. The lowest BCUT2D eigenvalue weighted by atomic mass is 10.2. The van der Waals surface area contributed by atoms with Gasteiger partial charge in [0.15, 0.2) is 5.69 Å². The van der Waals surface area contributed by atoms with Crippen molar-refractivity contribution in [3.8, 4) is 0 Å². The van der Waals surface area contributed by atoms with Gasteiger partial charge in [-0.1, -0.05) is 18.2 Å². The monoisotopic (exact) mass is 324 g/mol. The fourth-order valence-electron chi connectivity index (χ4n) is 2.05. The van der Waals surface area contributed by atoms with Gasteiger partial charge in [0.25, 0.3) is 5.91 Å². The van der Waals surface area contributed by atoms with E-state index in [-0.39, 0.29) is 18.1 Å². The fourth-order valence-corrected chi connectivity index (χ4v) is 2.05. The molecule has 0 bridgehead atoms. The number of aliphatic hydroxyl groups excluding tert-OH is 1. The van der Waals surface area contributed by atoms with Crippen molar-refractivity contribution in [3.05, 3.63) is 72.3 Å². The molecule has 0 radical (unpaired) electrons. The van der Waals surface area contributed by atoms with Gasteiger partial charge in [-0.05, 0) is 36.4 Å². The van der Waals surface area contributed by atoms with Crippen molar-refractivity contribution in [2.75, 3.05) is 17.2 Å². The summed E-state index contributed by atoms with van der Waals surface area (Å²) in [7, 11) is 0. The zero-order valence-electron chi connectivity index (χ0n) is 12.7. The van der Waals surface area contributed by atoms with Crippen LogP contribution in [-0.4, -0.2) is 27.8 Å². The normalized spacial score (nSPS) is 11.7. The summed E-state index contributed by atoms with van der Waals surface area (Å²) >= 11 is 0. The van der Waals surface area contributed by atoms with Crippen molar-refractivity contribution < 1.29 is 14.3 Å². The molecule has 0 unspecified atom stereocenters. The maximum absolute atomic E-state index is 12.1. The molecule has 1 aromatic carbocycles. The maximum atomic E-state index is 12.1. The topological polar surface area (TPSA) is 100 Å². The number of hydrogen-bond donors (Lipinski definition) is 3. The summed E-state index contributed by atoms with van der Waals surface area (Å²) in [6.45, 7) is 0.220. The summed E-state index contributed by atoms with van der Waals surface area (Å²) in [6.07, 6.45) is 0.709. The average Bonchev–Trinajstić information content (AvgIpc) is 3.16. The number of nitrogens with one attached hydrogen (secondary N) is 2. The van der Waals surface area contributed by atoms with Crippen LogP contribution in [0.15, 0.2) is 65.3 Å². The Morgan fingerprint density at radius 2 is 1.92 bits per heavy atom. The number of nitrogens with zero attached hydrogens (tertiary/aromatic N) is 2. The molecule has 0 aliphatic heterocycles. The Morgan fingerprint density at radius 1 is 1.08 bits per heavy atom. The van der Waals surface area contributed by atoms with Gasteiger partial charge in [-0.2, -0.15) is 0 Å². The van der Waals surface area contributed by atoms with E-state index >= 15 is 0 Å². The van der Waals surface area contributed by atoms with E-state index in [0.29, 0.717) is 17.3 Å². The van der Waals surface area contributed by atoms with Crippen LogP contribution in [0.2, 0.25) is 0 Å². The zero-order chi connectivity index (χ0) is 16.8. The Morgan fingerprint density at radius 3 is 2.58 bits per heavy atom. The van der Waals surface area contributed by atoms with E-state index in [2.05, 4.69) is 20.8 Å². The largest absolute Gasteiger partial charge is 0.467 e. The van der Waals surface area contributed by atoms with Crippen LogP contribution < -0.4 is 10.6 Å². The summed E-state index contributed by atoms with van der Waals surface area (Å²) in [5.41, 5.74) is 0.893. The Labute approximate surface area is 138 Å². The third kappa shape index (κ3) is 3.96. The van der Waals surface area contributed by atoms with Crippen molar-refractivity contribution in [3.63, 3.8) is 0 Å². The molecule has 7 nitrogen and oxygen atoms in total. The molecular formula is C17H16N4O3. The molecular weight excluding hydrogens is 308 g/mol. The van der Waals surface area contributed by atoms with Crippen LogP contribution >= 0.6 is 0 Å². The summed E-state index contributed by atoms with van der Waals surface area (Å²) < 4.78 is 5.11. The average molecular weight is 324 g/mol. The molecule has 0 fully saturated rings. The molecule has 2 heterocycles. The zero-order valence-corrected chi connectivity index (χ0v) is 12.7. The molecule has 3 aromatic rings. The number of aromatic nitrogens is 2. The third-order valence-corrected chi connectivity index (χ3v) is 3.28. The molecule has 0 aliphatic carbocycles. The number of furan rings is 1. The number of amides is 1. The highest BCUT2D eigenvalue weighted by atomic mass is 16.4.